The monoisotopic (exact) mass is 443 g/mol. The van der Waals surface area contributed by atoms with Crippen LogP contribution in [0.1, 0.15) is 12.5 Å². The van der Waals surface area contributed by atoms with Gasteiger partial charge in [-0.15, -0.1) is 0 Å². The molecule has 0 aliphatic rings. The number of hydrogen-bond donors (Lipinski definition) is 1. The van der Waals surface area contributed by atoms with E-state index in [9.17, 15) is 13.2 Å². The lowest BCUT2D eigenvalue weighted by Crippen LogP contribution is -2.32. The van der Waals surface area contributed by atoms with Crippen LogP contribution < -0.4 is 19.8 Å². The highest BCUT2D eigenvalue weighted by atomic mass is 32.2. The van der Waals surface area contributed by atoms with E-state index in [0.717, 1.165) is 16.9 Å². The van der Waals surface area contributed by atoms with E-state index in [1.165, 1.54) is 23.9 Å². The zero-order valence-electron chi connectivity index (χ0n) is 17.7. The summed E-state index contributed by atoms with van der Waals surface area (Å²) < 4.78 is 39.7. The normalized spacial score (nSPS) is 11.3. The van der Waals surface area contributed by atoms with Gasteiger partial charge in [-0.3, -0.25) is 4.79 Å². The number of nitrogens with one attached hydrogen (secondary N) is 1. The van der Waals surface area contributed by atoms with Gasteiger partial charge < -0.3 is 9.47 Å². The van der Waals surface area contributed by atoms with Crippen LogP contribution in [0.3, 0.4) is 0 Å². The molecule has 1 N–H and O–H groups in total. The molecule has 0 aliphatic carbocycles. The van der Waals surface area contributed by atoms with Gasteiger partial charge in [0.2, 0.25) is 10.0 Å². The lowest BCUT2D eigenvalue weighted by atomic mass is 10.1. The molecule has 0 radical (unpaired) electrons. The van der Waals surface area contributed by atoms with Gasteiger partial charge in [-0.1, -0.05) is 6.07 Å². The molecule has 0 saturated heterocycles. The minimum atomic E-state index is -3.81. The first-order valence-electron chi connectivity index (χ1n) is 9.80. The molecule has 0 fully saturated rings. The Kier molecular flexibility index (Phi) is 7.09. The van der Waals surface area contributed by atoms with E-state index in [2.05, 4.69) is 9.82 Å². The lowest BCUT2D eigenvalue weighted by molar-refractivity contribution is 0.340. The van der Waals surface area contributed by atoms with Gasteiger partial charge in [0.1, 0.15) is 16.4 Å². The van der Waals surface area contributed by atoms with E-state index in [1.54, 1.807) is 18.2 Å². The number of hydrogen-bond acceptors (Lipinski definition) is 6. The summed E-state index contributed by atoms with van der Waals surface area (Å²) in [6.45, 7) is 4.42. The largest absolute Gasteiger partial charge is 0.495 e. The molecule has 0 spiro atoms. The Bertz CT molecular complexity index is 1200. The third kappa shape index (κ3) is 5.50. The highest BCUT2D eigenvalue weighted by Gasteiger charge is 2.19. The molecule has 1 heterocycles. The van der Waals surface area contributed by atoms with Crippen LogP contribution in [-0.4, -0.2) is 38.5 Å². The topological polar surface area (TPSA) is 99.5 Å². The maximum absolute atomic E-state index is 12.7. The second-order valence-electron chi connectivity index (χ2n) is 6.79. The zero-order valence-corrected chi connectivity index (χ0v) is 18.5. The Morgan fingerprint density at radius 2 is 1.81 bits per heavy atom. The van der Waals surface area contributed by atoms with E-state index in [-0.39, 0.29) is 29.3 Å². The Morgan fingerprint density at radius 1 is 1.06 bits per heavy atom. The summed E-state index contributed by atoms with van der Waals surface area (Å²) in [5.41, 5.74) is 1.99. The number of aryl methyl sites for hydroxylation is 1. The Hall–Kier alpha value is -3.17. The predicted molar refractivity (Wildman–Crippen MR) is 118 cm³/mol. The fourth-order valence-corrected chi connectivity index (χ4v) is 4.18. The van der Waals surface area contributed by atoms with Crippen LogP contribution in [0.25, 0.3) is 11.3 Å². The lowest BCUT2D eigenvalue weighted by Gasteiger charge is -2.12. The molecule has 164 valence electrons. The molecule has 0 bridgehead atoms. The molecule has 1 aromatic heterocycles. The van der Waals surface area contributed by atoms with Gasteiger partial charge >= 0.3 is 0 Å². The maximum Gasteiger partial charge on any atom is 0.266 e. The number of sulfonamides is 1. The molecule has 31 heavy (non-hydrogen) atoms. The first-order valence-corrected chi connectivity index (χ1v) is 11.3. The van der Waals surface area contributed by atoms with Crippen molar-refractivity contribution in [2.75, 3.05) is 20.3 Å². The molecular formula is C22H25N3O5S. The number of aromatic nitrogens is 2. The van der Waals surface area contributed by atoms with Gasteiger partial charge in [-0.25, -0.2) is 17.8 Å². The average molecular weight is 444 g/mol. The fourth-order valence-electron chi connectivity index (χ4n) is 3.01. The van der Waals surface area contributed by atoms with Crippen molar-refractivity contribution in [2.45, 2.75) is 25.3 Å². The summed E-state index contributed by atoms with van der Waals surface area (Å²) in [6.07, 6.45) is 0. The molecule has 2 aromatic carbocycles. The van der Waals surface area contributed by atoms with Crippen LogP contribution in [0, 0.1) is 6.92 Å². The van der Waals surface area contributed by atoms with E-state index in [4.69, 9.17) is 9.47 Å². The Balaban J connectivity index is 1.73. The number of rotatable bonds is 9. The molecule has 3 rings (SSSR count). The van der Waals surface area contributed by atoms with Crippen LogP contribution in [0.15, 0.2) is 64.3 Å². The number of methoxy groups -OCH3 is 1. The third-order valence-electron chi connectivity index (χ3n) is 4.55. The van der Waals surface area contributed by atoms with Crippen LogP contribution in [0.5, 0.6) is 11.5 Å². The van der Waals surface area contributed by atoms with Crippen molar-refractivity contribution in [1.82, 2.24) is 14.5 Å². The summed E-state index contributed by atoms with van der Waals surface area (Å²) in [6, 6.07) is 15.3. The summed E-state index contributed by atoms with van der Waals surface area (Å²) in [7, 11) is -2.39. The smallest absolute Gasteiger partial charge is 0.266 e. The SMILES string of the molecule is CCOc1ccc(-c2ccc(=O)n(CCNS(=O)(=O)c3ccc(C)cc3OC)n2)cc1. The minimum absolute atomic E-state index is 0.000990. The molecule has 0 amide bonds. The quantitative estimate of drug-likeness (QED) is 0.546. The van der Waals surface area contributed by atoms with Gasteiger partial charge in [0.05, 0.1) is 26.0 Å². The average Bonchev–Trinajstić information content (AvgIpc) is 2.75. The van der Waals surface area contributed by atoms with Crippen LogP contribution in [-0.2, 0) is 16.6 Å². The third-order valence-corrected chi connectivity index (χ3v) is 6.05. The minimum Gasteiger partial charge on any atom is -0.495 e. The second kappa shape index (κ2) is 9.76. The summed E-state index contributed by atoms with van der Waals surface area (Å²) in [5, 5.41) is 4.36. The number of nitrogens with zero attached hydrogens (tertiary/aromatic N) is 2. The molecule has 0 unspecified atom stereocenters. The van der Waals surface area contributed by atoms with Gasteiger partial charge in [0, 0.05) is 18.2 Å². The summed E-state index contributed by atoms with van der Waals surface area (Å²) >= 11 is 0. The molecule has 0 atom stereocenters. The molecule has 8 nitrogen and oxygen atoms in total. The van der Waals surface area contributed by atoms with Crippen molar-refractivity contribution >= 4 is 10.0 Å². The number of benzene rings is 2. The second-order valence-corrected chi connectivity index (χ2v) is 8.52. The van der Waals surface area contributed by atoms with Crippen molar-refractivity contribution in [3.63, 3.8) is 0 Å². The van der Waals surface area contributed by atoms with Gasteiger partial charge in [0.15, 0.2) is 0 Å². The molecule has 9 heteroatoms. The van der Waals surface area contributed by atoms with E-state index in [1.807, 2.05) is 38.1 Å². The van der Waals surface area contributed by atoms with Gasteiger partial charge in [-0.05, 0) is 61.9 Å². The molecular weight excluding hydrogens is 418 g/mol. The first kappa shape index (κ1) is 22.5. The van der Waals surface area contributed by atoms with Gasteiger partial charge in [0.25, 0.3) is 5.56 Å². The van der Waals surface area contributed by atoms with Crippen LogP contribution in [0.2, 0.25) is 0 Å². The van der Waals surface area contributed by atoms with Crippen molar-refractivity contribution in [1.29, 1.82) is 0 Å². The van der Waals surface area contributed by atoms with Crippen molar-refractivity contribution < 1.29 is 17.9 Å². The molecule has 0 saturated carbocycles. The van der Waals surface area contributed by atoms with E-state index < -0.39 is 10.0 Å². The van der Waals surface area contributed by atoms with E-state index in [0.29, 0.717) is 12.3 Å². The Morgan fingerprint density at radius 3 is 2.48 bits per heavy atom. The predicted octanol–water partition coefficient (Wildman–Crippen LogP) is 2.60. The summed E-state index contributed by atoms with van der Waals surface area (Å²) in [5.74, 6) is 1.01. The Labute approximate surface area is 181 Å². The maximum atomic E-state index is 12.7. The van der Waals surface area contributed by atoms with Crippen molar-refractivity contribution in [2.24, 2.45) is 0 Å². The van der Waals surface area contributed by atoms with Crippen LogP contribution in [0.4, 0.5) is 0 Å². The summed E-state index contributed by atoms with van der Waals surface area (Å²) in [4.78, 5) is 12.2. The first-order chi connectivity index (χ1) is 14.8. The van der Waals surface area contributed by atoms with E-state index >= 15 is 0 Å². The molecule has 0 aliphatic heterocycles. The van der Waals surface area contributed by atoms with Crippen LogP contribution >= 0.6 is 0 Å². The highest BCUT2D eigenvalue weighted by molar-refractivity contribution is 7.89. The number of ether oxygens (including phenoxy) is 2. The van der Waals surface area contributed by atoms with Crippen molar-refractivity contribution in [3.8, 4) is 22.8 Å². The standard InChI is InChI=1S/C22H25N3O5S/c1-4-30-18-8-6-17(7-9-18)19-10-12-22(26)25(24-19)14-13-23-31(27,28)21-11-5-16(2)15-20(21)29-3/h5-12,15,23H,4,13-14H2,1-3H3. The van der Waals surface area contributed by atoms with Crippen molar-refractivity contribution in [3.05, 3.63) is 70.5 Å². The van der Waals surface area contributed by atoms with Gasteiger partial charge in [-0.2, -0.15) is 5.10 Å². The molecule has 3 aromatic rings. The zero-order chi connectivity index (χ0) is 22.4. The highest BCUT2D eigenvalue weighted by Crippen LogP contribution is 2.24. The fraction of sp³-hybridized carbons (Fsp3) is 0.273.